The molecule has 0 rings (SSSR count). The summed E-state index contributed by atoms with van der Waals surface area (Å²) in [6.07, 6.45) is 10.5. The highest BCUT2D eigenvalue weighted by molar-refractivity contribution is 5.19. The number of hydrogen-bond donors (Lipinski definition) is 0. The van der Waals surface area contributed by atoms with Crippen molar-refractivity contribution in [3.8, 4) is 0 Å². The van der Waals surface area contributed by atoms with Crippen LogP contribution in [0.4, 0.5) is 0 Å². The Hall–Kier alpha value is -1.31. The van der Waals surface area contributed by atoms with Crippen molar-refractivity contribution in [3.05, 3.63) is 36.6 Å². The van der Waals surface area contributed by atoms with Crippen LogP contribution in [-0.4, -0.2) is 25.3 Å². The maximum Gasteiger partial charge on any atom is 0.106 e. The van der Waals surface area contributed by atoms with Gasteiger partial charge >= 0.3 is 0 Å². The minimum absolute atomic E-state index is 1.12. The van der Waals surface area contributed by atoms with Crippen LogP contribution in [0.5, 0.6) is 0 Å². The lowest BCUT2D eigenvalue weighted by Gasteiger charge is -2.19. The number of allylic oxidation sites excluding steroid dienone is 4. The van der Waals surface area contributed by atoms with Gasteiger partial charge in [-0.1, -0.05) is 38.2 Å². The normalized spacial score (nSPS) is 10.7. The minimum atomic E-state index is 1.12. The van der Waals surface area contributed by atoms with Crippen LogP contribution in [0.25, 0.3) is 0 Å². The molecule has 0 aromatic carbocycles. The topological polar surface area (TPSA) is 20.3 Å². The highest BCUT2D eigenvalue weighted by atomic mass is 16.1. The Labute approximate surface area is 94.0 Å². The Bertz CT molecular complexity index is 207. The first-order valence-electron chi connectivity index (χ1n) is 5.21. The molecule has 0 atom stereocenters. The zero-order valence-electron chi connectivity index (χ0n) is 10.2. The Morgan fingerprint density at radius 3 is 2.40 bits per heavy atom. The standard InChI is InChI=1S/C12H21N.CH2O/c1-5-8-10-12(7-3)13(4)11-9-6-2;1-2/h5,7-8,10H,1,6,9,11H2,2-4H3;1H2/b10-8-,12-7+;. The van der Waals surface area contributed by atoms with E-state index in [9.17, 15) is 0 Å². The van der Waals surface area contributed by atoms with Gasteiger partial charge in [0, 0.05) is 19.3 Å². The molecule has 2 nitrogen and oxygen atoms in total. The molecular formula is C13H23NO. The molecule has 0 saturated heterocycles. The molecular weight excluding hydrogens is 186 g/mol. The molecule has 0 unspecified atom stereocenters. The summed E-state index contributed by atoms with van der Waals surface area (Å²) in [5.41, 5.74) is 1.26. The molecule has 0 aromatic heterocycles. The third kappa shape index (κ3) is 9.01. The number of carbonyl (C=O) groups excluding carboxylic acids is 1. The van der Waals surface area contributed by atoms with E-state index in [0.29, 0.717) is 0 Å². The summed E-state index contributed by atoms with van der Waals surface area (Å²) >= 11 is 0. The average molecular weight is 209 g/mol. The molecule has 0 saturated carbocycles. The number of unbranched alkanes of at least 4 members (excludes halogenated alkanes) is 1. The fourth-order valence-electron chi connectivity index (χ4n) is 1.13. The monoisotopic (exact) mass is 209 g/mol. The van der Waals surface area contributed by atoms with E-state index in [0.717, 1.165) is 6.54 Å². The molecule has 0 amide bonds. The number of carbonyl (C=O) groups is 1. The quantitative estimate of drug-likeness (QED) is 0.626. The van der Waals surface area contributed by atoms with Crippen LogP contribution in [0.15, 0.2) is 36.6 Å². The molecule has 86 valence electrons. The fourth-order valence-corrected chi connectivity index (χ4v) is 1.13. The van der Waals surface area contributed by atoms with E-state index < -0.39 is 0 Å². The number of hydrogen-bond acceptors (Lipinski definition) is 2. The largest absolute Gasteiger partial charge is 0.375 e. The zero-order chi connectivity index (χ0) is 12.1. The molecule has 0 radical (unpaired) electrons. The van der Waals surface area contributed by atoms with Crippen LogP contribution in [-0.2, 0) is 4.79 Å². The second-order valence-electron chi connectivity index (χ2n) is 3.08. The predicted octanol–water partition coefficient (Wildman–Crippen LogP) is 3.18. The first kappa shape index (κ1) is 16.1. The lowest BCUT2D eigenvalue weighted by Crippen LogP contribution is -2.17. The Balaban J connectivity index is 0. The molecule has 0 N–H and O–H groups in total. The van der Waals surface area contributed by atoms with Crippen molar-refractivity contribution in [2.75, 3.05) is 13.6 Å². The van der Waals surface area contributed by atoms with Gasteiger partial charge in [0.2, 0.25) is 0 Å². The molecule has 2 heteroatoms. The van der Waals surface area contributed by atoms with Crippen molar-refractivity contribution in [3.63, 3.8) is 0 Å². The molecule has 0 heterocycles. The third-order valence-corrected chi connectivity index (χ3v) is 1.99. The van der Waals surface area contributed by atoms with E-state index >= 15 is 0 Å². The average Bonchev–Trinajstić information content (AvgIpc) is 2.30. The Morgan fingerprint density at radius 2 is 2.00 bits per heavy atom. The van der Waals surface area contributed by atoms with Crippen LogP contribution in [0, 0.1) is 0 Å². The highest BCUT2D eigenvalue weighted by Crippen LogP contribution is 2.05. The second kappa shape index (κ2) is 12.7. The summed E-state index contributed by atoms with van der Waals surface area (Å²) in [4.78, 5) is 10.3. The predicted molar refractivity (Wildman–Crippen MR) is 67.8 cm³/mol. The van der Waals surface area contributed by atoms with Gasteiger partial charge in [0.15, 0.2) is 0 Å². The van der Waals surface area contributed by atoms with Crippen molar-refractivity contribution in [2.45, 2.75) is 26.7 Å². The van der Waals surface area contributed by atoms with Crippen molar-refractivity contribution < 1.29 is 4.79 Å². The number of nitrogens with zero attached hydrogens (tertiary/aromatic N) is 1. The molecule has 0 aliphatic rings. The second-order valence-corrected chi connectivity index (χ2v) is 3.08. The number of likely N-dealkylation sites (N-methyl/N-ethyl adjacent to an activating group) is 1. The van der Waals surface area contributed by atoms with Gasteiger partial charge in [-0.25, -0.2) is 0 Å². The maximum absolute atomic E-state index is 8.00. The zero-order valence-corrected chi connectivity index (χ0v) is 10.2. The lowest BCUT2D eigenvalue weighted by molar-refractivity contribution is -0.0979. The summed E-state index contributed by atoms with van der Waals surface area (Å²) < 4.78 is 0. The van der Waals surface area contributed by atoms with Gasteiger partial charge in [-0.15, -0.1) is 0 Å². The van der Waals surface area contributed by atoms with Gasteiger partial charge in [-0.05, 0) is 19.4 Å². The van der Waals surface area contributed by atoms with Crippen LogP contribution in [0.2, 0.25) is 0 Å². The maximum atomic E-state index is 8.00. The van der Waals surface area contributed by atoms with Gasteiger partial charge in [0.05, 0.1) is 0 Å². The minimum Gasteiger partial charge on any atom is -0.375 e. The highest BCUT2D eigenvalue weighted by Gasteiger charge is 1.97. The summed E-state index contributed by atoms with van der Waals surface area (Å²) in [5, 5.41) is 0. The molecule has 0 spiro atoms. The first-order valence-corrected chi connectivity index (χ1v) is 5.21. The van der Waals surface area contributed by atoms with E-state index in [1.54, 1.807) is 6.08 Å². The summed E-state index contributed by atoms with van der Waals surface area (Å²) in [6, 6.07) is 0. The van der Waals surface area contributed by atoms with Crippen molar-refractivity contribution in [1.29, 1.82) is 0 Å². The number of rotatable bonds is 6. The van der Waals surface area contributed by atoms with Crippen molar-refractivity contribution in [1.82, 2.24) is 4.90 Å². The SMILES string of the molecule is C=C/C=C\C(=C/C)N(C)CCCC.C=O. The van der Waals surface area contributed by atoms with Gasteiger partial charge in [-0.3, -0.25) is 0 Å². The third-order valence-electron chi connectivity index (χ3n) is 1.99. The van der Waals surface area contributed by atoms with E-state index in [-0.39, 0.29) is 0 Å². The molecule has 0 bridgehead atoms. The van der Waals surface area contributed by atoms with E-state index in [1.807, 2.05) is 12.9 Å². The molecule has 0 fully saturated rings. The molecule has 15 heavy (non-hydrogen) atoms. The van der Waals surface area contributed by atoms with Crippen LogP contribution < -0.4 is 0 Å². The van der Waals surface area contributed by atoms with E-state index in [2.05, 4.69) is 44.5 Å². The molecule has 0 aliphatic carbocycles. The van der Waals surface area contributed by atoms with E-state index in [1.165, 1.54) is 18.5 Å². The summed E-state index contributed by atoms with van der Waals surface area (Å²) in [7, 11) is 2.12. The van der Waals surface area contributed by atoms with Crippen LogP contribution in [0.1, 0.15) is 26.7 Å². The fraction of sp³-hybridized carbons (Fsp3) is 0.462. The van der Waals surface area contributed by atoms with Crippen molar-refractivity contribution in [2.24, 2.45) is 0 Å². The lowest BCUT2D eigenvalue weighted by atomic mass is 10.2. The van der Waals surface area contributed by atoms with Gasteiger partial charge < -0.3 is 9.69 Å². The summed E-state index contributed by atoms with van der Waals surface area (Å²) in [5.74, 6) is 0. The van der Waals surface area contributed by atoms with E-state index in [4.69, 9.17) is 4.79 Å². The molecule has 0 aliphatic heterocycles. The van der Waals surface area contributed by atoms with Crippen LogP contribution in [0.3, 0.4) is 0 Å². The van der Waals surface area contributed by atoms with Crippen LogP contribution >= 0.6 is 0 Å². The van der Waals surface area contributed by atoms with Gasteiger partial charge in [-0.2, -0.15) is 0 Å². The molecule has 0 aromatic rings. The first-order chi connectivity index (χ1) is 7.26. The van der Waals surface area contributed by atoms with Crippen molar-refractivity contribution >= 4 is 6.79 Å². The smallest absolute Gasteiger partial charge is 0.106 e. The van der Waals surface area contributed by atoms with Gasteiger partial charge in [0.1, 0.15) is 6.79 Å². The van der Waals surface area contributed by atoms with Gasteiger partial charge in [0.25, 0.3) is 0 Å². The Morgan fingerprint density at radius 1 is 1.40 bits per heavy atom. The summed E-state index contributed by atoms with van der Waals surface area (Å²) in [6.45, 7) is 11.1. The Kier molecular flexibility index (Phi) is 13.6.